The molecule has 13 heteroatoms. The molecular formula is C28H23F6N5O2. The van der Waals surface area contributed by atoms with Crippen molar-refractivity contribution in [2.75, 3.05) is 18.4 Å². The summed E-state index contributed by atoms with van der Waals surface area (Å²) < 4.78 is 85.9. The molecule has 1 N–H and O–H groups in total. The number of fused-ring (bicyclic) bond motifs is 1. The van der Waals surface area contributed by atoms with E-state index in [1.165, 1.54) is 47.5 Å². The van der Waals surface area contributed by atoms with Crippen LogP contribution in [0.2, 0.25) is 0 Å². The van der Waals surface area contributed by atoms with E-state index in [9.17, 15) is 31.1 Å². The van der Waals surface area contributed by atoms with E-state index in [1.54, 1.807) is 0 Å². The molecule has 0 saturated carbocycles. The normalized spacial score (nSPS) is 18.0. The van der Waals surface area contributed by atoms with Gasteiger partial charge in [0.2, 0.25) is 5.82 Å². The lowest BCUT2D eigenvalue weighted by atomic mass is 10.0. The predicted octanol–water partition coefficient (Wildman–Crippen LogP) is 6.72. The summed E-state index contributed by atoms with van der Waals surface area (Å²) in [6, 6.07) is 10.6. The molecule has 2 unspecified atom stereocenters. The molecule has 1 amide bonds. The molecule has 41 heavy (non-hydrogen) atoms. The summed E-state index contributed by atoms with van der Waals surface area (Å²) in [5.41, 5.74) is -1.61. The summed E-state index contributed by atoms with van der Waals surface area (Å²) in [6.07, 6.45) is -8.44. The van der Waals surface area contributed by atoms with Crippen LogP contribution in [-0.4, -0.2) is 51.1 Å². The van der Waals surface area contributed by atoms with Crippen molar-refractivity contribution in [2.24, 2.45) is 0 Å². The van der Waals surface area contributed by atoms with Crippen molar-refractivity contribution < 1.29 is 35.9 Å². The molecule has 2 aromatic heterocycles. The fourth-order valence-corrected chi connectivity index (χ4v) is 4.70. The number of carbonyl (C=O) groups excluding carboxylic acids is 1. The minimum absolute atomic E-state index is 0.0936. The summed E-state index contributed by atoms with van der Waals surface area (Å²) in [5.74, 6) is -0.665. The Hall–Kier alpha value is -4.26. The van der Waals surface area contributed by atoms with E-state index in [0.717, 1.165) is 18.2 Å². The standard InChI is InChI=1S/C28H23F6N5O2/c1-15-13-39(14-16(2)41-15)26(40)25-37-22-12-17(23-21(28(32,33)34)4-3-11-35-23)5-10-20(22)24(38-25)36-19-8-6-18(7-9-19)27(29,30)31/h3-12,15-16H,13-14H2,1-2H3,(H,36,37,38). The molecule has 4 aromatic rings. The summed E-state index contributed by atoms with van der Waals surface area (Å²) in [7, 11) is 0. The van der Waals surface area contributed by atoms with Crippen molar-refractivity contribution in [2.45, 2.75) is 38.4 Å². The number of ether oxygens (including phenoxy) is 1. The molecule has 0 radical (unpaired) electrons. The molecule has 0 aliphatic carbocycles. The van der Waals surface area contributed by atoms with Crippen molar-refractivity contribution >= 4 is 28.3 Å². The molecule has 7 nitrogen and oxygen atoms in total. The summed E-state index contributed by atoms with van der Waals surface area (Å²) in [6.45, 7) is 4.17. The molecular weight excluding hydrogens is 552 g/mol. The Labute approximate surface area is 230 Å². The molecule has 214 valence electrons. The Bertz CT molecular complexity index is 1580. The van der Waals surface area contributed by atoms with Gasteiger partial charge >= 0.3 is 12.4 Å². The lowest BCUT2D eigenvalue weighted by Gasteiger charge is -2.34. The average molecular weight is 576 g/mol. The van der Waals surface area contributed by atoms with Gasteiger partial charge in [-0.15, -0.1) is 0 Å². The number of rotatable bonds is 4. The number of amides is 1. The van der Waals surface area contributed by atoms with Gasteiger partial charge in [0, 0.05) is 35.9 Å². The van der Waals surface area contributed by atoms with E-state index < -0.39 is 29.4 Å². The first-order valence-corrected chi connectivity index (χ1v) is 12.5. The highest BCUT2D eigenvalue weighted by Gasteiger charge is 2.35. The van der Waals surface area contributed by atoms with Gasteiger partial charge in [-0.05, 0) is 62.4 Å². The van der Waals surface area contributed by atoms with Crippen LogP contribution in [0, 0.1) is 0 Å². The first-order chi connectivity index (χ1) is 19.3. The Morgan fingerprint density at radius 2 is 1.61 bits per heavy atom. The van der Waals surface area contributed by atoms with Crippen molar-refractivity contribution in [3.63, 3.8) is 0 Å². The Kier molecular flexibility index (Phi) is 7.32. The number of carbonyl (C=O) groups is 1. The highest BCUT2D eigenvalue weighted by atomic mass is 19.4. The summed E-state index contributed by atoms with van der Waals surface area (Å²) in [4.78, 5) is 27.7. The van der Waals surface area contributed by atoms with Gasteiger partial charge in [0.25, 0.3) is 5.91 Å². The number of pyridine rings is 1. The van der Waals surface area contributed by atoms with Gasteiger partial charge in [0.15, 0.2) is 0 Å². The Morgan fingerprint density at radius 1 is 0.927 bits per heavy atom. The zero-order chi connectivity index (χ0) is 29.5. The smallest absolute Gasteiger partial charge is 0.372 e. The molecule has 1 saturated heterocycles. The molecule has 0 bridgehead atoms. The van der Waals surface area contributed by atoms with Gasteiger partial charge in [-0.3, -0.25) is 9.78 Å². The first kappa shape index (κ1) is 28.3. The van der Waals surface area contributed by atoms with Crippen LogP contribution < -0.4 is 5.32 Å². The van der Waals surface area contributed by atoms with E-state index in [0.29, 0.717) is 5.39 Å². The van der Waals surface area contributed by atoms with Crippen LogP contribution in [0.5, 0.6) is 0 Å². The molecule has 5 rings (SSSR count). The number of nitrogens with zero attached hydrogens (tertiary/aromatic N) is 4. The molecule has 2 aromatic carbocycles. The number of halogens is 6. The van der Waals surface area contributed by atoms with Gasteiger partial charge in [-0.25, -0.2) is 9.97 Å². The topological polar surface area (TPSA) is 80.2 Å². The van der Waals surface area contributed by atoms with Crippen LogP contribution in [0.15, 0.2) is 60.8 Å². The van der Waals surface area contributed by atoms with E-state index in [1.807, 2.05) is 13.8 Å². The van der Waals surface area contributed by atoms with E-state index in [2.05, 4.69) is 20.3 Å². The zero-order valence-electron chi connectivity index (χ0n) is 21.7. The maximum absolute atomic E-state index is 13.7. The lowest BCUT2D eigenvalue weighted by Crippen LogP contribution is -2.48. The second-order valence-electron chi connectivity index (χ2n) is 9.69. The van der Waals surface area contributed by atoms with Crippen molar-refractivity contribution in [3.8, 4) is 11.3 Å². The molecule has 2 atom stereocenters. The van der Waals surface area contributed by atoms with Crippen LogP contribution in [0.25, 0.3) is 22.2 Å². The predicted molar refractivity (Wildman–Crippen MR) is 138 cm³/mol. The van der Waals surface area contributed by atoms with Gasteiger partial charge < -0.3 is 15.0 Å². The van der Waals surface area contributed by atoms with Gasteiger partial charge in [0.05, 0.1) is 34.5 Å². The fourth-order valence-electron chi connectivity index (χ4n) is 4.70. The van der Waals surface area contributed by atoms with Crippen molar-refractivity contribution in [1.29, 1.82) is 0 Å². The number of hydrogen-bond donors (Lipinski definition) is 1. The maximum Gasteiger partial charge on any atom is 0.418 e. The first-order valence-electron chi connectivity index (χ1n) is 12.5. The number of morpholine rings is 1. The third kappa shape index (κ3) is 6.09. The third-order valence-electron chi connectivity index (χ3n) is 6.46. The largest absolute Gasteiger partial charge is 0.418 e. The van der Waals surface area contributed by atoms with E-state index in [4.69, 9.17) is 4.74 Å². The van der Waals surface area contributed by atoms with Gasteiger partial charge in [-0.1, -0.05) is 6.07 Å². The lowest BCUT2D eigenvalue weighted by molar-refractivity contribution is -0.138. The van der Waals surface area contributed by atoms with Crippen LogP contribution in [0.1, 0.15) is 35.6 Å². The van der Waals surface area contributed by atoms with Crippen molar-refractivity contribution in [3.05, 3.63) is 77.7 Å². The highest BCUT2D eigenvalue weighted by molar-refractivity contribution is 5.98. The maximum atomic E-state index is 13.7. The number of anilines is 2. The monoisotopic (exact) mass is 575 g/mol. The van der Waals surface area contributed by atoms with E-state index in [-0.39, 0.29) is 59.4 Å². The Morgan fingerprint density at radius 3 is 2.24 bits per heavy atom. The SMILES string of the molecule is CC1CN(C(=O)c2nc(Nc3ccc(C(F)(F)F)cc3)c3ccc(-c4ncccc4C(F)(F)F)cc3n2)CC(C)O1. The summed E-state index contributed by atoms with van der Waals surface area (Å²) >= 11 is 0. The summed E-state index contributed by atoms with van der Waals surface area (Å²) in [5, 5.41) is 3.26. The number of aromatic nitrogens is 3. The van der Waals surface area contributed by atoms with E-state index >= 15 is 0 Å². The average Bonchev–Trinajstić information content (AvgIpc) is 2.91. The zero-order valence-corrected chi connectivity index (χ0v) is 21.7. The fraction of sp³-hybridized carbons (Fsp3) is 0.286. The van der Waals surface area contributed by atoms with Crippen molar-refractivity contribution in [1.82, 2.24) is 19.9 Å². The molecule has 1 aliphatic rings. The molecule has 1 aliphatic heterocycles. The number of alkyl halides is 6. The quantitative estimate of drug-likeness (QED) is 0.272. The number of nitrogens with one attached hydrogen (secondary N) is 1. The minimum Gasteiger partial charge on any atom is -0.372 e. The van der Waals surface area contributed by atoms with Gasteiger partial charge in [-0.2, -0.15) is 26.3 Å². The van der Waals surface area contributed by atoms with Gasteiger partial charge in [0.1, 0.15) is 5.82 Å². The molecule has 3 heterocycles. The number of hydrogen-bond acceptors (Lipinski definition) is 6. The van der Waals surface area contributed by atoms with Crippen LogP contribution in [0.3, 0.4) is 0 Å². The Balaban J connectivity index is 1.61. The highest BCUT2D eigenvalue weighted by Crippen LogP contribution is 2.37. The third-order valence-corrected chi connectivity index (χ3v) is 6.46. The van der Waals surface area contributed by atoms with Crippen LogP contribution >= 0.6 is 0 Å². The second-order valence-corrected chi connectivity index (χ2v) is 9.69. The van der Waals surface area contributed by atoms with Crippen LogP contribution in [-0.2, 0) is 17.1 Å². The molecule has 0 spiro atoms. The minimum atomic E-state index is -4.66. The second kappa shape index (κ2) is 10.6. The van der Waals surface area contributed by atoms with Crippen LogP contribution in [0.4, 0.5) is 37.8 Å². The number of benzene rings is 2. The molecule has 1 fully saturated rings.